The number of hydrogen-bond acceptors (Lipinski definition) is 2. The SMILES string of the molecule is CCn1ncc(CNC(=S)Nc2cccc(Cl)c2Cl)c1C. The van der Waals surface area contributed by atoms with Crippen LogP contribution in [0.2, 0.25) is 10.0 Å². The van der Waals surface area contributed by atoms with Crippen LogP contribution in [0.5, 0.6) is 0 Å². The van der Waals surface area contributed by atoms with E-state index in [2.05, 4.69) is 22.7 Å². The largest absolute Gasteiger partial charge is 0.358 e. The molecule has 2 N–H and O–H groups in total. The Kier molecular flexibility index (Phi) is 5.45. The second-order valence-corrected chi connectivity index (χ2v) is 5.67. The van der Waals surface area contributed by atoms with Gasteiger partial charge in [-0.15, -0.1) is 0 Å². The minimum Gasteiger partial charge on any atom is -0.358 e. The first-order valence-electron chi connectivity index (χ1n) is 6.53. The van der Waals surface area contributed by atoms with Gasteiger partial charge in [0, 0.05) is 24.3 Å². The van der Waals surface area contributed by atoms with Crippen LogP contribution in [0.25, 0.3) is 0 Å². The molecule has 112 valence electrons. The molecule has 1 heterocycles. The number of rotatable bonds is 4. The second kappa shape index (κ2) is 7.11. The Hall–Kier alpha value is -1.30. The van der Waals surface area contributed by atoms with Crippen LogP contribution in [0.3, 0.4) is 0 Å². The Morgan fingerprint density at radius 3 is 2.81 bits per heavy atom. The van der Waals surface area contributed by atoms with Gasteiger partial charge in [-0.3, -0.25) is 4.68 Å². The predicted molar refractivity (Wildman–Crippen MR) is 92.2 cm³/mol. The summed E-state index contributed by atoms with van der Waals surface area (Å²) in [4.78, 5) is 0. The summed E-state index contributed by atoms with van der Waals surface area (Å²) in [5.41, 5.74) is 2.93. The summed E-state index contributed by atoms with van der Waals surface area (Å²) in [5, 5.41) is 11.9. The van der Waals surface area contributed by atoms with Crippen LogP contribution in [0.1, 0.15) is 18.2 Å². The Labute approximate surface area is 139 Å². The Morgan fingerprint density at radius 1 is 1.38 bits per heavy atom. The summed E-state index contributed by atoms with van der Waals surface area (Å²) in [5.74, 6) is 0. The van der Waals surface area contributed by atoms with Crippen molar-refractivity contribution in [2.75, 3.05) is 5.32 Å². The molecule has 2 rings (SSSR count). The van der Waals surface area contributed by atoms with Crippen molar-refractivity contribution < 1.29 is 0 Å². The van der Waals surface area contributed by atoms with E-state index in [9.17, 15) is 0 Å². The van der Waals surface area contributed by atoms with Gasteiger partial charge >= 0.3 is 0 Å². The first-order valence-corrected chi connectivity index (χ1v) is 7.69. The van der Waals surface area contributed by atoms with E-state index >= 15 is 0 Å². The van der Waals surface area contributed by atoms with Crippen molar-refractivity contribution in [1.29, 1.82) is 0 Å². The first kappa shape index (κ1) is 16.1. The van der Waals surface area contributed by atoms with Gasteiger partial charge in [-0.05, 0) is 38.2 Å². The molecule has 1 aromatic carbocycles. The Balaban J connectivity index is 1.96. The molecule has 0 atom stereocenters. The second-order valence-electron chi connectivity index (χ2n) is 4.48. The van der Waals surface area contributed by atoms with Crippen LogP contribution < -0.4 is 10.6 Å². The van der Waals surface area contributed by atoms with Crippen LogP contribution in [0, 0.1) is 6.92 Å². The minimum absolute atomic E-state index is 0.457. The molecule has 0 aliphatic rings. The van der Waals surface area contributed by atoms with Gasteiger partial charge in [0.15, 0.2) is 5.11 Å². The number of anilines is 1. The molecule has 2 aromatic rings. The zero-order valence-electron chi connectivity index (χ0n) is 11.8. The van der Waals surface area contributed by atoms with Crippen molar-refractivity contribution in [3.63, 3.8) is 0 Å². The number of benzene rings is 1. The predicted octanol–water partition coefficient (Wildman–Crippen LogP) is 4.00. The highest BCUT2D eigenvalue weighted by Gasteiger charge is 2.08. The van der Waals surface area contributed by atoms with Crippen LogP contribution in [-0.2, 0) is 13.1 Å². The van der Waals surface area contributed by atoms with Crippen LogP contribution >= 0.6 is 35.4 Å². The highest BCUT2D eigenvalue weighted by atomic mass is 35.5. The molecule has 21 heavy (non-hydrogen) atoms. The maximum atomic E-state index is 6.11. The molecule has 4 nitrogen and oxygen atoms in total. The van der Waals surface area contributed by atoms with Crippen LogP contribution in [0.4, 0.5) is 5.69 Å². The zero-order chi connectivity index (χ0) is 15.4. The van der Waals surface area contributed by atoms with E-state index in [1.165, 1.54) is 0 Å². The quantitative estimate of drug-likeness (QED) is 0.824. The van der Waals surface area contributed by atoms with E-state index in [-0.39, 0.29) is 0 Å². The Bertz CT molecular complexity index is 654. The van der Waals surface area contributed by atoms with Crippen molar-refractivity contribution in [2.45, 2.75) is 26.9 Å². The molecule has 7 heteroatoms. The molecule has 0 saturated carbocycles. The van der Waals surface area contributed by atoms with E-state index in [0.29, 0.717) is 27.4 Å². The lowest BCUT2D eigenvalue weighted by atomic mass is 10.2. The van der Waals surface area contributed by atoms with Gasteiger partial charge in [0.05, 0.1) is 21.9 Å². The normalized spacial score (nSPS) is 10.5. The van der Waals surface area contributed by atoms with Gasteiger partial charge in [0.25, 0.3) is 0 Å². The summed E-state index contributed by atoms with van der Waals surface area (Å²) in [6, 6.07) is 5.37. The van der Waals surface area contributed by atoms with Gasteiger partial charge in [0.1, 0.15) is 0 Å². The van der Waals surface area contributed by atoms with E-state index in [1.54, 1.807) is 6.07 Å². The summed E-state index contributed by atoms with van der Waals surface area (Å²) < 4.78 is 1.95. The van der Waals surface area contributed by atoms with Crippen molar-refractivity contribution in [3.8, 4) is 0 Å². The summed E-state index contributed by atoms with van der Waals surface area (Å²) in [6.07, 6.45) is 1.85. The molecule has 0 spiro atoms. The fourth-order valence-corrected chi connectivity index (χ4v) is 2.45. The average Bonchev–Trinajstić information content (AvgIpc) is 2.82. The number of aromatic nitrogens is 2. The van der Waals surface area contributed by atoms with Gasteiger partial charge in [0.2, 0.25) is 0 Å². The van der Waals surface area contributed by atoms with Crippen molar-refractivity contribution in [2.24, 2.45) is 0 Å². The molecule has 0 aliphatic heterocycles. The molecule has 0 saturated heterocycles. The number of halogens is 2. The third kappa shape index (κ3) is 3.87. The van der Waals surface area contributed by atoms with Crippen LogP contribution in [0.15, 0.2) is 24.4 Å². The molecule has 0 radical (unpaired) electrons. The summed E-state index contributed by atoms with van der Waals surface area (Å²) >= 11 is 17.3. The highest BCUT2D eigenvalue weighted by molar-refractivity contribution is 7.80. The maximum Gasteiger partial charge on any atom is 0.171 e. The lowest BCUT2D eigenvalue weighted by Crippen LogP contribution is -2.28. The molecule has 0 amide bonds. The number of aryl methyl sites for hydroxylation is 1. The van der Waals surface area contributed by atoms with Gasteiger partial charge in [-0.25, -0.2) is 0 Å². The van der Waals surface area contributed by atoms with Crippen molar-refractivity contribution >= 4 is 46.2 Å². The Morgan fingerprint density at radius 2 is 2.14 bits per heavy atom. The van der Waals surface area contributed by atoms with Crippen molar-refractivity contribution in [3.05, 3.63) is 45.7 Å². The highest BCUT2D eigenvalue weighted by Crippen LogP contribution is 2.29. The smallest absolute Gasteiger partial charge is 0.171 e. The van der Waals surface area contributed by atoms with E-state index in [4.69, 9.17) is 35.4 Å². The molecular formula is C14H16Cl2N4S. The van der Waals surface area contributed by atoms with E-state index in [0.717, 1.165) is 17.8 Å². The number of hydrogen-bond donors (Lipinski definition) is 2. The van der Waals surface area contributed by atoms with Gasteiger partial charge in [-0.1, -0.05) is 29.3 Å². The third-order valence-corrected chi connectivity index (χ3v) is 4.21. The van der Waals surface area contributed by atoms with Gasteiger partial charge < -0.3 is 10.6 Å². The van der Waals surface area contributed by atoms with E-state index in [1.807, 2.05) is 29.9 Å². The fourth-order valence-electron chi connectivity index (χ4n) is 1.92. The molecule has 0 aliphatic carbocycles. The maximum absolute atomic E-state index is 6.11. The third-order valence-electron chi connectivity index (χ3n) is 3.14. The van der Waals surface area contributed by atoms with Crippen LogP contribution in [-0.4, -0.2) is 14.9 Å². The summed E-state index contributed by atoms with van der Waals surface area (Å²) in [6.45, 7) is 5.56. The molecule has 1 aromatic heterocycles. The first-order chi connectivity index (χ1) is 10.0. The summed E-state index contributed by atoms with van der Waals surface area (Å²) in [7, 11) is 0. The average molecular weight is 343 g/mol. The number of thiocarbonyl (C=S) groups is 1. The zero-order valence-corrected chi connectivity index (χ0v) is 14.1. The minimum atomic E-state index is 0.457. The lowest BCUT2D eigenvalue weighted by Gasteiger charge is -2.12. The van der Waals surface area contributed by atoms with Crippen molar-refractivity contribution in [1.82, 2.24) is 15.1 Å². The number of nitrogens with one attached hydrogen (secondary N) is 2. The van der Waals surface area contributed by atoms with E-state index < -0.39 is 0 Å². The van der Waals surface area contributed by atoms with Gasteiger partial charge in [-0.2, -0.15) is 5.10 Å². The molecule has 0 bridgehead atoms. The number of nitrogens with zero attached hydrogens (tertiary/aromatic N) is 2. The molecule has 0 fully saturated rings. The fraction of sp³-hybridized carbons (Fsp3) is 0.286. The molecular weight excluding hydrogens is 327 g/mol. The monoisotopic (exact) mass is 342 g/mol. The topological polar surface area (TPSA) is 41.9 Å². The lowest BCUT2D eigenvalue weighted by molar-refractivity contribution is 0.638. The molecule has 0 unspecified atom stereocenters. The standard InChI is InChI=1S/C14H16Cl2N4S/c1-3-20-9(2)10(8-18-20)7-17-14(21)19-12-6-4-5-11(15)13(12)16/h4-6,8H,3,7H2,1-2H3,(H2,17,19,21).